The molecule has 2 heterocycles. The van der Waals surface area contributed by atoms with Gasteiger partial charge in [-0.25, -0.2) is 4.79 Å². The molecule has 0 saturated carbocycles. The van der Waals surface area contributed by atoms with Gasteiger partial charge in [0.1, 0.15) is 11.7 Å². The zero-order valence-electron chi connectivity index (χ0n) is 6.53. The Morgan fingerprint density at radius 3 is 3.00 bits per heavy atom. The summed E-state index contributed by atoms with van der Waals surface area (Å²) in [7, 11) is 0. The number of hydrogen-bond acceptors (Lipinski definition) is 4. The first-order valence-electron chi connectivity index (χ1n) is 3.67. The zero-order chi connectivity index (χ0) is 8.72. The lowest BCUT2D eigenvalue weighted by Gasteiger charge is -2.10. The number of aliphatic imine (C=N–C) groups is 1. The predicted molar refractivity (Wildman–Crippen MR) is 40.6 cm³/mol. The van der Waals surface area contributed by atoms with E-state index in [2.05, 4.69) is 4.99 Å². The van der Waals surface area contributed by atoms with E-state index in [4.69, 9.17) is 4.74 Å². The number of Topliss-reactive ketones (excluding diaryl/α,β-unsaturated/α-hetero) is 1. The van der Waals surface area contributed by atoms with Gasteiger partial charge in [-0.3, -0.25) is 9.79 Å². The van der Waals surface area contributed by atoms with Crippen molar-refractivity contribution in [2.45, 2.75) is 6.92 Å². The number of dihydropyridines is 1. The molecule has 2 rings (SSSR count). The number of carbonyl (C=O) groups is 2. The molecule has 12 heavy (non-hydrogen) atoms. The Balaban J connectivity index is 2.45. The van der Waals surface area contributed by atoms with Crippen LogP contribution in [0.5, 0.6) is 0 Å². The van der Waals surface area contributed by atoms with E-state index < -0.39 is 17.7 Å². The van der Waals surface area contributed by atoms with Crippen LogP contribution in [0.4, 0.5) is 0 Å². The Morgan fingerprint density at radius 2 is 2.33 bits per heavy atom. The van der Waals surface area contributed by atoms with E-state index in [0.29, 0.717) is 12.3 Å². The fourth-order valence-electron chi connectivity index (χ4n) is 1.36. The van der Waals surface area contributed by atoms with Gasteiger partial charge in [0.15, 0.2) is 0 Å². The Morgan fingerprint density at radius 1 is 1.58 bits per heavy atom. The summed E-state index contributed by atoms with van der Waals surface area (Å²) in [4.78, 5) is 25.9. The van der Waals surface area contributed by atoms with Gasteiger partial charge in [0.2, 0.25) is 0 Å². The third-order valence-electron chi connectivity index (χ3n) is 2.00. The first-order chi connectivity index (χ1) is 5.70. The van der Waals surface area contributed by atoms with Crippen LogP contribution < -0.4 is 0 Å². The highest BCUT2D eigenvalue weighted by Gasteiger charge is 2.41. The fourth-order valence-corrected chi connectivity index (χ4v) is 1.36. The summed E-state index contributed by atoms with van der Waals surface area (Å²) in [6.45, 7) is 2.12. The monoisotopic (exact) mass is 165 g/mol. The minimum Gasteiger partial charge on any atom is -0.424 e. The van der Waals surface area contributed by atoms with Crippen molar-refractivity contribution >= 4 is 18.0 Å². The van der Waals surface area contributed by atoms with Crippen molar-refractivity contribution in [3.05, 3.63) is 11.3 Å². The SMILES string of the molecule is CC1=C2OC(=O)C(=O)C2CN=C1. The summed E-state index contributed by atoms with van der Waals surface area (Å²) in [5, 5.41) is 0. The van der Waals surface area contributed by atoms with Gasteiger partial charge in [0.25, 0.3) is 5.78 Å². The highest BCUT2D eigenvalue weighted by atomic mass is 16.6. The van der Waals surface area contributed by atoms with Crippen molar-refractivity contribution in [2.24, 2.45) is 10.9 Å². The minimum atomic E-state index is -0.750. The average Bonchev–Trinajstić information content (AvgIpc) is 2.32. The molecule has 62 valence electrons. The summed E-state index contributed by atoms with van der Waals surface area (Å²) < 4.78 is 4.79. The standard InChI is InChI=1S/C8H7NO3/c1-4-2-9-3-5-6(10)8(11)12-7(4)5/h2,5H,3H2,1H3. The maximum atomic E-state index is 11.1. The molecule has 0 amide bonds. The quantitative estimate of drug-likeness (QED) is 0.377. The molecule has 0 bridgehead atoms. The smallest absolute Gasteiger partial charge is 0.380 e. The van der Waals surface area contributed by atoms with E-state index in [1.165, 1.54) is 0 Å². The lowest BCUT2D eigenvalue weighted by Crippen LogP contribution is -2.19. The molecule has 1 atom stereocenters. The van der Waals surface area contributed by atoms with Gasteiger partial charge in [-0.15, -0.1) is 0 Å². The molecular weight excluding hydrogens is 158 g/mol. The van der Waals surface area contributed by atoms with Gasteiger partial charge in [0, 0.05) is 11.8 Å². The molecule has 0 aromatic carbocycles. The second-order valence-corrected chi connectivity index (χ2v) is 2.85. The molecule has 1 fully saturated rings. The minimum absolute atomic E-state index is 0.344. The molecule has 1 unspecified atom stereocenters. The Bertz CT molecular complexity index is 327. The summed E-state index contributed by atoms with van der Waals surface area (Å²) in [6, 6.07) is 0. The molecule has 0 radical (unpaired) electrons. The van der Waals surface area contributed by atoms with Crippen LogP contribution in [0.3, 0.4) is 0 Å². The van der Waals surface area contributed by atoms with Crippen LogP contribution in [0.25, 0.3) is 0 Å². The summed E-state index contributed by atoms with van der Waals surface area (Å²) in [5.41, 5.74) is 0.769. The van der Waals surface area contributed by atoms with Crippen LogP contribution in [0.15, 0.2) is 16.3 Å². The number of carbonyl (C=O) groups excluding carboxylic acids is 2. The van der Waals surface area contributed by atoms with Gasteiger partial charge < -0.3 is 4.74 Å². The van der Waals surface area contributed by atoms with E-state index in [9.17, 15) is 9.59 Å². The first-order valence-corrected chi connectivity index (χ1v) is 3.67. The van der Waals surface area contributed by atoms with Gasteiger partial charge in [-0.1, -0.05) is 0 Å². The van der Waals surface area contributed by atoms with Crippen LogP contribution >= 0.6 is 0 Å². The third kappa shape index (κ3) is 0.809. The van der Waals surface area contributed by atoms with Gasteiger partial charge in [0.05, 0.1) is 6.54 Å². The number of esters is 1. The van der Waals surface area contributed by atoms with Crippen LogP contribution in [-0.2, 0) is 14.3 Å². The molecule has 0 aromatic rings. The van der Waals surface area contributed by atoms with Crippen LogP contribution in [0, 0.1) is 5.92 Å². The second-order valence-electron chi connectivity index (χ2n) is 2.85. The average molecular weight is 165 g/mol. The Hall–Kier alpha value is -1.45. The van der Waals surface area contributed by atoms with E-state index in [0.717, 1.165) is 5.57 Å². The third-order valence-corrected chi connectivity index (χ3v) is 2.00. The van der Waals surface area contributed by atoms with E-state index >= 15 is 0 Å². The van der Waals surface area contributed by atoms with Gasteiger partial charge in [-0.2, -0.15) is 0 Å². The van der Waals surface area contributed by atoms with Gasteiger partial charge in [-0.05, 0) is 6.92 Å². The van der Waals surface area contributed by atoms with Crippen molar-refractivity contribution < 1.29 is 14.3 Å². The summed E-state index contributed by atoms with van der Waals surface area (Å²) >= 11 is 0. The van der Waals surface area contributed by atoms with Crippen molar-refractivity contribution in [1.82, 2.24) is 0 Å². The van der Waals surface area contributed by atoms with Gasteiger partial charge >= 0.3 is 5.97 Å². The molecule has 0 aromatic heterocycles. The van der Waals surface area contributed by atoms with Crippen molar-refractivity contribution in [1.29, 1.82) is 0 Å². The molecule has 0 N–H and O–H groups in total. The summed E-state index contributed by atoms with van der Waals surface area (Å²) in [5.74, 6) is -1.18. The molecule has 0 spiro atoms. The largest absolute Gasteiger partial charge is 0.424 e. The topological polar surface area (TPSA) is 55.7 Å². The number of allylic oxidation sites excluding steroid dienone is 1. The molecule has 2 aliphatic rings. The van der Waals surface area contributed by atoms with Crippen LogP contribution in [0.2, 0.25) is 0 Å². The maximum Gasteiger partial charge on any atom is 0.380 e. The van der Waals surface area contributed by atoms with E-state index in [1.54, 1.807) is 13.1 Å². The lowest BCUT2D eigenvalue weighted by atomic mass is 10.00. The molecule has 0 aliphatic carbocycles. The number of fused-ring (bicyclic) bond motifs is 1. The number of rotatable bonds is 0. The molecule has 1 saturated heterocycles. The van der Waals surface area contributed by atoms with Crippen LogP contribution in [-0.4, -0.2) is 24.5 Å². The van der Waals surface area contributed by atoms with E-state index in [-0.39, 0.29) is 0 Å². The van der Waals surface area contributed by atoms with Crippen LogP contribution in [0.1, 0.15) is 6.92 Å². The highest BCUT2D eigenvalue weighted by molar-refractivity contribution is 6.37. The number of hydrogen-bond donors (Lipinski definition) is 0. The first kappa shape index (κ1) is 7.21. The number of ether oxygens (including phenoxy) is 1. The zero-order valence-corrected chi connectivity index (χ0v) is 6.53. The van der Waals surface area contributed by atoms with Crippen molar-refractivity contribution in [2.75, 3.05) is 6.54 Å². The van der Waals surface area contributed by atoms with Crippen molar-refractivity contribution in [3.8, 4) is 0 Å². The Labute approximate surface area is 68.9 Å². The summed E-state index contributed by atoms with van der Waals surface area (Å²) in [6.07, 6.45) is 1.62. The molecular formula is C8H7NO3. The second kappa shape index (κ2) is 2.27. The van der Waals surface area contributed by atoms with Crippen molar-refractivity contribution in [3.63, 3.8) is 0 Å². The lowest BCUT2D eigenvalue weighted by molar-refractivity contribution is -0.146. The number of ketones is 1. The number of nitrogens with zero attached hydrogens (tertiary/aromatic N) is 1. The molecule has 4 heteroatoms. The normalized spacial score (nSPS) is 27.6. The predicted octanol–water partition coefficient (Wildman–Crippen LogP) is 0.0869. The maximum absolute atomic E-state index is 11.1. The molecule has 4 nitrogen and oxygen atoms in total. The Kier molecular flexibility index (Phi) is 1.36. The molecule has 2 aliphatic heterocycles. The van der Waals surface area contributed by atoms with E-state index in [1.807, 2.05) is 0 Å². The highest BCUT2D eigenvalue weighted by Crippen LogP contribution is 2.27. The fraction of sp³-hybridized carbons (Fsp3) is 0.375.